The average molecular weight is 407 g/mol. The molecule has 0 aliphatic carbocycles. The van der Waals surface area contributed by atoms with E-state index in [1.54, 1.807) is 17.3 Å². The van der Waals surface area contributed by atoms with Gasteiger partial charge in [0.05, 0.1) is 24.4 Å². The van der Waals surface area contributed by atoms with Crippen molar-refractivity contribution in [3.05, 3.63) is 12.4 Å². The number of hydrogen-bond donors (Lipinski definition) is 2. The minimum absolute atomic E-state index is 0.116. The van der Waals surface area contributed by atoms with E-state index in [-0.39, 0.29) is 11.9 Å². The summed E-state index contributed by atoms with van der Waals surface area (Å²) >= 11 is 0. The van der Waals surface area contributed by atoms with Gasteiger partial charge < -0.3 is 29.2 Å². The number of ether oxygens (including phenoxy) is 1. The van der Waals surface area contributed by atoms with E-state index >= 15 is 0 Å². The van der Waals surface area contributed by atoms with E-state index in [1.165, 1.54) is 0 Å². The second-order valence-corrected chi connectivity index (χ2v) is 8.69. The number of hydrogen-bond acceptors (Lipinski definition) is 8. The highest BCUT2D eigenvalue weighted by Crippen LogP contribution is 2.36. The number of carbonyl (C=O) groups excluding carboxylic acids is 1. The highest BCUT2D eigenvalue weighted by Gasteiger charge is 2.52. The van der Waals surface area contributed by atoms with Crippen molar-refractivity contribution in [1.29, 1.82) is 0 Å². The zero-order chi connectivity index (χ0) is 21.2. The van der Waals surface area contributed by atoms with Gasteiger partial charge in [0, 0.05) is 36.9 Å². The number of amides is 1. The molecule has 160 valence electrons. The van der Waals surface area contributed by atoms with Crippen molar-refractivity contribution < 1.29 is 29.1 Å². The molecule has 2 N–H and O–H groups in total. The predicted molar refractivity (Wildman–Crippen MR) is 106 cm³/mol. The molecule has 1 aromatic heterocycles. The Bertz CT molecular complexity index is 698. The first-order valence-electron chi connectivity index (χ1n) is 10.0. The summed E-state index contributed by atoms with van der Waals surface area (Å²) in [7, 11) is -0.523. The van der Waals surface area contributed by atoms with Crippen LogP contribution in [0.15, 0.2) is 12.4 Å². The van der Waals surface area contributed by atoms with E-state index in [9.17, 15) is 9.90 Å². The van der Waals surface area contributed by atoms with Crippen LogP contribution in [0.2, 0.25) is 0 Å². The highest BCUT2D eigenvalue weighted by atomic mass is 16.7. The standard InChI is InChI=1S/C19H30BN3O6/c1-18(2)19(3,4)29-20(28-18)14-8-21-17(22-9-14)27-12-13-6-5-7-23(10-13)16(26)15(25)11-24/h8-9,13,15,24-25H,5-7,10-12H2,1-4H3/t13-,15+/m1/s1. The maximum absolute atomic E-state index is 12.0. The molecule has 0 bridgehead atoms. The molecule has 2 fully saturated rings. The molecule has 0 saturated carbocycles. The zero-order valence-electron chi connectivity index (χ0n) is 17.5. The Morgan fingerprint density at radius 3 is 2.52 bits per heavy atom. The summed E-state index contributed by atoms with van der Waals surface area (Å²) in [5.74, 6) is -0.329. The number of rotatable bonds is 6. The third kappa shape index (κ3) is 4.88. The van der Waals surface area contributed by atoms with Crippen molar-refractivity contribution in [2.45, 2.75) is 57.8 Å². The van der Waals surface area contributed by atoms with Crippen molar-refractivity contribution in [3.8, 4) is 6.01 Å². The number of piperidine rings is 1. The largest absolute Gasteiger partial charge is 0.498 e. The molecule has 3 rings (SSSR count). The molecule has 29 heavy (non-hydrogen) atoms. The van der Waals surface area contributed by atoms with Gasteiger partial charge in [-0.15, -0.1) is 0 Å². The van der Waals surface area contributed by atoms with Gasteiger partial charge in [0.1, 0.15) is 0 Å². The number of carbonyl (C=O) groups is 1. The lowest BCUT2D eigenvalue weighted by Crippen LogP contribution is -2.47. The van der Waals surface area contributed by atoms with Gasteiger partial charge in [-0.25, -0.2) is 9.97 Å². The molecule has 2 aliphatic rings. The SMILES string of the molecule is CC1(C)OB(c2cnc(OC[C@@H]3CCCN(C(=O)[C@@H](O)CO)C3)nc2)OC1(C)C. The van der Waals surface area contributed by atoms with Crippen LogP contribution < -0.4 is 10.2 Å². The normalized spacial score (nSPS) is 24.4. The number of nitrogens with zero attached hydrogens (tertiary/aromatic N) is 3. The van der Waals surface area contributed by atoms with Gasteiger partial charge in [0.15, 0.2) is 6.10 Å². The molecule has 2 aliphatic heterocycles. The third-order valence-electron chi connectivity index (χ3n) is 5.91. The van der Waals surface area contributed by atoms with E-state index in [2.05, 4.69) is 9.97 Å². The fraction of sp³-hybridized carbons (Fsp3) is 0.737. The predicted octanol–water partition coefficient (Wildman–Crippen LogP) is -0.254. The molecule has 0 radical (unpaired) electrons. The summed E-state index contributed by atoms with van der Waals surface area (Å²) in [6, 6.07) is 0.254. The van der Waals surface area contributed by atoms with Crippen LogP contribution in [0.4, 0.5) is 0 Å². The molecule has 0 spiro atoms. The second kappa shape index (κ2) is 8.55. The van der Waals surface area contributed by atoms with Crippen LogP contribution in [0.25, 0.3) is 0 Å². The zero-order valence-corrected chi connectivity index (χ0v) is 17.5. The fourth-order valence-electron chi connectivity index (χ4n) is 3.38. The topological polar surface area (TPSA) is 114 Å². The van der Waals surface area contributed by atoms with E-state index in [1.807, 2.05) is 27.7 Å². The first kappa shape index (κ1) is 22.0. The van der Waals surface area contributed by atoms with Gasteiger partial charge in [-0.3, -0.25) is 4.79 Å². The van der Waals surface area contributed by atoms with Crippen LogP contribution in [0.1, 0.15) is 40.5 Å². The van der Waals surface area contributed by atoms with Crippen LogP contribution in [0.3, 0.4) is 0 Å². The lowest BCUT2D eigenvalue weighted by Gasteiger charge is -2.33. The maximum atomic E-state index is 12.0. The summed E-state index contributed by atoms with van der Waals surface area (Å²) in [5.41, 5.74) is -0.134. The highest BCUT2D eigenvalue weighted by molar-refractivity contribution is 6.61. The van der Waals surface area contributed by atoms with Gasteiger partial charge in [-0.2, -0.15) is 0 Å². The number of aliphatic hydroxyl groups excluding tert-OH is 2. The number of aromatic nitrogens is 2. The second-order valence-electron chi connectivity index (χ2n) is 8.69. The molecule has 10 heteroatoms. The molecular weight excluding hydrogens is 377 g/mol. The minimum atomic E-state index is -1.36. The Morgan fingerprint density at radius 1 is 1.31 bits per heavy atom. The van der Waals surface area contributed by atoms with Crippen LogP contribution in [-0.2, 0) is 14.1 Å². The van der Waals surface area contributed by atoms with E-state index in [4.69, 9.17) is 19.2 Å². The summed E-state index contributed by atoms with van der Waals surface area (Å²) in [6.45, 7) is 8.81. The molecule has 0 aromatic carbocycles. The Morgan fingerprint density at radius 2 is 1.93 bits per heavy atom. The lowest BCUT2D eigenvalue weighted by atomic mass is 9.81. The van der Waals surface area contributed by atoms with Crippen LogP contribution in [0, 0.1) is 5.92 Å². The van der Waals surface area contributed by atoms with E-state index in [0.29, 0.717) is 19.7 Å². The Hall–Kier alpha value is -1.75. The van der Waals surface area contributed by atoms with Crippen molar-refractivity contribution >= 4 is 18.5 Å². The van der Waals surface area contributed by atoms with Gasteiger partial charge >= 0.3 is 13.1 Å². The fourth-order valence-corrected chi connectivity index (χ4v) is 3.38. The summed E-state index contributed by atoms with van der Waals surface area (Å²) < 4.78 is 17.7. The van der Waals surface area contributed by atoms with Crippen molar-refractivity contribution in [2.75, 3.05) is 26.3 Å². The Kier molecular flexibility index (Phi) is 6.47. The van der Waals surface area contributed by atoms with Crippen molar-refractivity contribution in [3.63, 3.8) is 0 Å². The minimum Gasteiger partial charge on any atom is -0.463 e. The Balaban J connectivity index is 1.52. The number of aliphatic hydroxyl groups is 2. The quantitative estimate of drug-likeness (QED) is 0.621. The summed E-state index contributed by atoms with van der Waals surface area (Å²) in [4.78, 5) is 22.1. The molecule has 2 saturated heterocycles. The molecule has 3 heterocycles. The van der Waals surface area contributed by atoms with Gasteiger partial charge in [0.25, 0.3) is 5.91 Å². The molecule has 9 nitrogen and oxygen atoms in total. The summed E-state index contributed by atoms with van der Waals surface area (Å²) in [6.07, 6.45) is 3.64. The molecule has 0 unspecified atom stereocenters. The molecule has 2 atom stereocenters. The average Bonchev–Trinajstić information content (AvgIpc) is 2.93. The molecule has 1 aromatic rings. The lowest BCUT2D eigenvalue weighted by molar-refractivity contribution is -0.144. The number of likely N-dealkylation sites (tertiary alicyclic amines) is 1. The molecular formula is C19H30BN3O6. The van der Waals surface area contributed by atoms with Crippen LogP contribution in [0.5, 0.6) is 6.01 Å². The van der Waals surface area contributed by atoms with Crippen LogP contribution in [-0.4, -0.2) is 81.7 Å². The smallest absolute Gasteiger partial charge is 0.463 e. The van der Waals surface area contributed by atoms with Gasteiger partial charge in [-0.1, -0.05) is 0 Å². The first-order valence-corrected chi connectivity index (χ1v) is 10.0. The summed E-state index contributed by atoms with van der Waals surface area (Å²) in [5, 5.41) is 18.5. The monoisotopic (exact) mass is 407 g/mol. The maximum Gasteiger partial charge on any atom is 0.498 e. The van der Waals surface area contributed by atoms with E-state index in [0.717, 1.165) is 18.3 Å². The van der Waals surface area contributed by atoms with Crippen molar-refractivity contribution in [1.82, 2.24) is 14.9 Å². The first-order chi connectivity index (χ1) is 13.6. The van der Waals surface area contributed by atoms with Gasteiger partial charge in [-0.05, 0) is 40.5 Å². The van der Waals surface area contributed by atoms with E-state index < -0.39 is 36.9 Å². The third-order valence-corrected chi connectivity index (χ3v) is 5.91. The van der Waals surface area contributed by atoms with Gasteiger partial charge in [0.2, 0.25) is 0 Å². The Labute approximate surface area is 171 Å². The van der Waals surface area contributed by atoms with Crippen molar-refractivity contribution in [2.24, 2.45) is 5.92 Å². The van der Waals surface area contributed by atoms with Crippen LogP contribution >= 0.6 is 0 Å². The molecule has 1 amide bonds.